The molecular weight excluding hydrogens is 378 g/mol. The van der Waals surface area contributed by atoms with Crippen molar-refractivity contribution in [1.29, 1.82) is 0 Å². The third kappa shape index (κ3) is 3.70. The van der Waals surface area contributed by atoms with Crippen molar-refractivity contribution in [2.24, 2.45) is 0 Å². The molecule has 1 aromatic heterocycles. The Balaban J connectivity index is 2.24. The van der Waals surface area contributed by atoms with E-state index in [1.807, 2.05) is 24.3 Å². The normalized spacial score (nSPS) is 13.0. The van der Waals surface area contributed by atoms with E-state index in [9.17, 15) is 13.2 Å². The summed E-state index contributed by atoms with van der Waals surface area (Å²) in [7, 11) is -3.75. The first-order valence-electron chi connectivity index (χ1n) is 5.91. The van der Waals surface area contributed by atoms with E-state index in [2.05, 4.69) is 20.7 Å². The molecule has 21 heavy (non-hydrogen) atoms. The maximum absolute atomic E-state index is 12.3. The van der Waals surface area contributed by atoms with Gasteiger partial charge in [-0.3, -0.25) is 0 Å². The molecule has 1 aromatic carbocycles. The standard InChI is InChI=1S/C13H12BrNO4S2/c1-8(9-4-2-3-5-10(9)14)15-21(18,19)12-7-6-11(20-12)13(16)17/h2-8,15H,1H3,(H,16,17). The van der Waals surface area contributed by atoms with Crippen LogP contribution in [0.25, 0.3) is 0 Å². The summed E-state index contributed by atoms with van der Waals surface area (Å²) in [6.45, 7) is 1.73. The lowest BCUT2D eigenvalue weighted by molar-refractivity contribution is 0.0702. The topological polar surface area (TPSA) is 83.5 Å². The number of sulfonamides is 1. The fourth-order valence-corrected chi connectivity index (χ4v) is 4.77. The van der Waals surface area contributed by atoms with Crippen molar-refractivity contribution in [2.75, 3.05) is 0 Å². The molecule has 2 N–H and O–H groups in total. The van der Waals surface area contributed by atoms with E-state index in [0.717, 1.165) is 21.4 Å². The van der Waals surface area contributed by atoms with Crippen LogP contribution in [0.3, 0.4) is 0 Å². The minimum absolute atomic E-state index is 0.0103. The van der Waals surface area contributed by atoms with Gasteiger partial charge >= 0.3 is 5.97 Å². The molecule has 2 aromatic rings. The number of carbonyl (C=O) groups is 1. The Morgan fingerprint density at radius 2 is 1.95 bits per heavy atom. The van der Waals surface area contributed by atoms with Gasteiger partial charge in [-0.2, -0.15) is 0 Å². The fraction of sp³-hybridized carbons (Fsp3) is 0.154. The molecule has 0 fully saturated rings. The van der Waals surface area contributed by atoms with E-state index in [-0.39, 0.29) is 9.09 Å². The summed E-state index contributed by atoms with van der Waals surface area (Å²) in [5.74, 6) is -1.14. The van der Waals surface area contributed by atoms with E-state index in [0.29, 0.717) is 0 Å². The van der Waals surface area contributed by atoms with E-state index >= 15 is 0 Å². The summed E-state index contributed by atoms with van der Waals surface area (Å²) in [5, 5.41) is 8.85. The first-order valence-corrected chi connectivity index (χ1v) is 9.00. The lowest BCUT2D eigenvalue weighted by atomic mass is 10.1. The number of carboxylic acid groups (broad SMARTS) is 1. The zero-order chi connectivity index (χ0) is 15.6. The molecular formula is C13H12BrNO4S2. The number of nitrogens with one attached hydrogen (secondary N) is 1. The van der Waals surface area contributed by atoms with Crippen molar-refractivity contribution in [2.45, 2.75) is 17.2 Å². The maximum atomic E-state index is 12.3. The van der Waals surface area contributed by atoms with Crippen LogP contribution in [0.1, 0.15) is 28.2 Å². The number of thiophene rings is 1. The molecule has 0 saturated carbocycles. The summed E-state index contributed by atoms with van der Waals surface area (Å²) in [5.41, 5.74) is 0.802. The van der Waals surface area contributed by atoms with E-state index in [4.69, 9.17) is 5.11 Å². The number of rotatable bonds is 5. The first kappa shape index (κ1) is 16.2. The Hall–Kier alpha value is -1.22. The lowest BCUT2D eigenvalue weighted by Gasteiger charge is -2.15. The van der Waals surface area contributed by atoms with Crippen LogP contribution in [-0.4, -0.2) is 19.5 Å². The van der Waals surface area contributed by atoms with Gasteiger partial charge < -0.3 is 5.11 Å². The van der Waals surface area contributed by atoms with Crippen LogP contribution < -0.4 is 4.72 Å². The van der Waals surface area contributed by atoms with Crippen LogP contribution in [0.4, 0.5) is 0 Å². The van der Waals surface area contributed by atoms with Crippen LogP contribution in [0.5, 0.6) is 0 Å². The molecule has 2 rings (SSSR count). The minimum Gasteiger partial charge on any atom is -0.477 e. The molecule has 0 amide bonds. The van der Waals surface area contributed by atoms with Gasteiger partial charge in [-0.1, -0.05) is 34.1 Å². The van der Waals surface area contributed by atoms with Gasteiger partial charge in [0, 0.05) is 10.5 Å². The van der Waals surface area contributed by atoms with Gasteiger partial charge in [0.25, 0.3) is 10.0 Å². The predicted octanol–water partition coefficient (Wildman–Crippen LogP) is 3.25. The molecule has 0 spiro atoms. The molecule has 1 atom stereocenters. The first-order chi connectivity index (χ1) is 9.81. The van der Waals surface area contributed by atoms with Gasteiger partial charge in [-0.25, -0.2) is 17.9 Å². The summed E-state index contributed by atoms with van der Waals surface area (Å²) in [6, 6.07) is 9.43. The quantitative estimate of drug-likeness (QED) is 0.821. The van der Waals surface area contributed by atoms with Crippen LogP contribution in [0, 0.1) is 0 Å². The second-order valence-electron chi connectivity index (χ2n) is 4.29. The number of hydrogen-bond acceptors (Lipinski definition) is 4. The van der Waals surface area contributed by atoms with Gasteiger partial charge in [-0.15, -0.1) is 11.3 Å². The largest absolute Gasteiger partial charge is 0.477 e. The molecule has 0 saturated heterocycles. The maximum Gasteiger partial charge on any atom is 0.345 e. The average Bonchev–Trinajstić information content (AvgIpc) is 2.89. The Morgan fingerprint density at radius 3 is 2.52 bits per heavy atom. The van der Waals surface area contributed by atoms with Crippen LogP contribution in [-0.2, 0) is 10.0 Å². The van der Waals surface area contributed by atoms with Crippen LogP contribution >= 0.6 is 27.3 Å². The van der Waals surface area contributed by atoms with Gasteiger partial charge in [0.1, 0.15) is 9.09 Å². The van der Waals surface area contributed by atoms with Gasteiger partial charge in [-0.05, 0) is 30.7 Å². The predicted molar refractivity (Wildman–Crippen MR) is 84.2 cm³/mol. The van der Waals surface area contributed by atoms with E-state index in [1.54, 1.807) is 6.92 Å². The van der Waals surface area contributed by atoms with Crippen molar-refractivity contribution >= 4 is 43.3 Å². The van der Waals surface area contributed by atoms with Crippen LogP contribution in [0.15, 0.2) is 45.1 Å². The Kier molecular flexibility index (Phi) is 4.82. The van der Waals surface area contributed by atoms with Crippen molar-refractivity contribution in [3.05, 3.63) is 51.3 Å². The fourth-order valence-electron chi connectivity index (χ4n) is 1.76. The van der Waals surface area contributed by atoms with Crippen LogP contribution in [0.2, 0.25) is 0 Å². The third-order valence-electron chi connectivity index (χ3n) is 2.76. The number of halogens is 1. The van der Waals surface area contributed by atoms with E-state index in [1.165, 1.54) is 12.1 Å². The number of hydrogen-bond donors (Lipinski definition) is 2. The smallest absolute Gasteiger partial charge is 0.345 e. The summed E-state index contributed by atoms with van der Waals surface area (Å²) in [6.07, 6.45) is 0. The molecule has 0 aliphatic carbocycles. The van der Waals surface area contributed by atoms with Gasteiger partial charge in [0.2, 0.25) is 0 Å². The molecule has 1 unspecified atom stereocenters. The highest BCUT2D eigenvalue weighted by Crippen LogP contribution is 2.26. The Bertz CT molecular complexity index is 770. The van der Waals surface area contributed by atoms with E-state index < -0.39 is 22.0 Å². The zero-order valence-electron chi connectivity index (χ0n) is 10.9. The third-order valence-corrected chi connectivity index (χ3v) is 6.59. The number of aromatic carboxylic acids is 1. The molecule has 0 radical (unpaired) electrons. The van der Waals surface area contributed by atoms with Gasteiger partial charge in [0.15, 0.2) is 0 Å². The Labute approximate surface area is 134 Å². The zero-order valence-corrected chi connectivity index (χ0v) is 14.1. The molecule has 0 bridgehead atoms. The molecule has 1 heterocycles. The number of carboxylic acids is 1. The van der Waals surface area contributed by atoms with Crippen molar-refractivity contribution in [3.8, 4) is 0 Å². The van der Waals surface area contributed by atoms with Gasteiger partial charge in [0.05, 0.1) is 0 Å². The monoisotopic (exact) mass is 389 g/mol. The number of benzene rings is 1. The van der Waals surface area contributed by atoms with Crippen molar-refractivity contribution < 1.29 is 18.3 Å². The SMILES string of the molecule is CC(NS(=O)(=O)c1ccc(C(=O)O)s1)c1ccccc1Br. The Morgan fingerprint density at radius 1 is 1.29 bits per heavy atom. The second kappa shape index (κ2) is 6.27. The lowest BCUT2D eigenvalue weighted by Crippen LogP contribution is -2.26. The highest BCUT2D eigenvalue weighted by atomic mass is 79.9. The summed E-state index contributed by atoms with van der Waals surface area (Å²) in [4.78, 5) is 10.8. The highest BCUT2D eigenvalue weighted by molar-refractivity contribution is 9.10. The molecule has 112 valence electrons. The minimum atomic E-state index is -3.75. The summed E-state index contributed by atoms with van der Waals surface area (Å²) >= 11 is 4.10. The van der Waals surface area contributed by atoms with Crippen molar-refractivity contribution in [1.82, 2.24) is 4.72 Å². The summed E-state index contributed by atoms with van der Waals surface area (Å²) < 4.78 is 27.8. The molecule has 5 nitrogen and oxygen atoms in total. The molecule has 0 aliphatic heterocycles. The molecule has 0 aliphatic rings. The van der Waals surface area contributed by atoms with Crippen molar-refractivity contribution in [3.63, 3.8) is 0 Å². The highest BCUT2D eigenvalue weighted by Gasteiger charge is 2.22. The average molecular weight is 390 g/mol. The molecule has 8 heteroatoms. The second-order valence-corrected chi connectivity index (χ2v) is 8.17.